The molecule has 5 aliphatic carbocycles. The summed E-state index contributed by atoms with van der Waals surface area (Å²) in [5.41, 5.74) is 0.501. The molecule has 0 amide bonds. The number of aliphatic hydroxyl groups excluding tert-OH is 2. The summed E-state index contributed by atoms with van der Waals surface area (Å²) in [4.78, 5) is 12.7. The van der Waals surface area contributed by atoms with Crippen LogP contribution in [0.5, 0.6) is 0 Å². The van der Waals surface area contributed by atoms with E-state index in [1.54, 1.807) is 0 Å². The smallest absolute Gasteiger partial charge is 0.133 e. The van der Waals surface area contributed by atoms with Crippen LogP contribution in [0.15, 0.2) is 0 Å². The molecule has 0 spiro atoms. The summed E-state index contributed by atoms with van der Waals surface area (Å²) in [5.74, 6) is 2.17. The Hall–Kier alpha value is -0.410. The average molecular weight is 445 g/mol. The molecule has 0 aliphatic heterocycles. The standard InChI is InChI=1S/C29H48O3/c1-17(30)18-8-11-26(4)14-15-28(6)19(23(18)26)16-20(31)24-27(5)12-10-22(32)25(2,3)21(27)9-13-29(24,28)7/h18-24,31-32H,8-16H2,1-7H3/t18-,19?,20+,21?,22-,23?,24+,26+,27-,28+,29+/m0/s1. The van der Waals surface area contributed by atoms with Crippen LogP contribution < -0.4 is 0 Å². The van der Waals surface area contributed by atoms with Gasteiger partial charge in [0.2, 0.25) is 0 Å². The first-order chi connectivity index (χ1) is 14.7. The molecule has 5 rings (SSSR count). The maximum atomic E-state index is 12.7. The lowest BCUT2D eigenvalue weighted by molar-refractivity contribution is -0.275. The van der Waals surface area contributed by atoms with Crippen molar-refractivity contribution >= 4 is 5.78 Å². The van der Waals surface area contributed by atoms with E-state index in [1.165, 1.54) is 19.3 Å². The fourth-order valence-electron chi connectivity index (χ4n) is 11.5. The highest BCUT2D eigenvalue weighted by molar-refractivity contribution is 5.79. The molecule has 182 valence electrons. The predicted octanol–water partition coefficient (Wildman–Crippen LogP) is 6.01. The number of carbonyl (C=O) groups excluding carboxylic acids is 1. The van der Waals surface area contributed by atoms with Crippen molar-refractivity contribution in [3.8, 4) is 0 Å². The first kappa shape index (κ1) is 23.3. The summed E-state index contributed by atoms with van der Waals surface area (Å²) in [6.45, 7) is 16.3. The number of carbonyl (C=O) groups is 1. The number of hydrogen-bond donors (Lipinski definition) is 2. The molecule has 0 saturated heterocycles. The molecule has 3 heteroatoms. The van der Waals surface area contributed by atoms with Crippen LogP contribution in [0, 0.1) is 56.7 Å². The number of aliphatic hydroxyl groups is 2. The van der Waals surface area contributed by atoms with Gasteiger partial charge in [-0.2, -0.15) is 0 Å². The number of rotatable bonds is 1. The zero-order valence-corrected chi connectivity index (χ0v) is 21.7. The largest absolute Gasteiger partial charge is 0.393 e. The molecule has 0 aromatic heterocycles. The highest BCUT2D eigenvalue weighted by Gasteiger charge is 2.72. The van der Waals surface area contributed by atoms with E-state index in [2.05, 4.69) is 41.5 Å². The third-order valence-electron chi connectivity index (χ3n) is 13.3. The van der Waals surface area contributed by atoms with E-state index in [4.69, 9.17) is 0 Å². The summed E-state index contributed by atoms with van der Waals surface area (Å²) in [5, 5.41) is 22.8. The van der Waals surface area contributed by atoms with Crippen LogP contribution in [0.1, 0.15) is 106 Å². The van der Waals surface area contributed by atoms with Crippen molar-refractivity contribution in [2.45, 2.75) is 118 Å². The fourth-order valence-corrected chi connectivity index (χ4v) is 11.5. The SMILES string of the molecule is CC(=O)[C@@H]1CC[C@]2(C)CC[C@]3(C)C(C[C@@H](O)[C@@H]4[C@@]5(C)CC[C@H](O)C(C)(C)C5CC[C@]43C)C12. The Balaban J connectivity index is 1.59. The van der Waals surface area contributed by atoms with Gasteiger partial charge in [-0.3, -0.25) is 4.79 Å². The number of ketones is 1. The van der Waals surface area contributed by atoms with Gasteiger partial charge in [0.15, 0.2) is 0 Å². The molecule has 11 atom stereocenters. The highest BCUT2D eigenvalue weighted by Crippen LogP contribution is 2.77. The highest BCUT2D eigenvalue weighted by atomic mass is 16.3. The van der Waals surface area contributed by atoms with Gasteiger partial charge in [0.1, 0.15) is 5.78 Å². The molecule has 5 fully saturated rings. The van der Waals surface area contributed by atoms with E-state index < -0.39 is 0 Å². The first-order valence-corrected chi connectivity index (χ1v) is 13.6. The second-order valence-electron chi connectivity index (χ2n) is 14.6. The number of fused-ring (bicyclic) bond motifs is 7. The van der Waals surface area contributed by atoms with Crippen molar-refractivity contribution in [2.24, 2.45) is 56.7 Å². The van der Waals surface area contributed by atoms with Crippen LogP contribution in [-0.4, -0.2) is 28.2 Å². The molecule has 0 aromatic rings. The maximum absolute atomic E-state index is 12.7. The van der Waals surface area contributed by atoms with Crippen molar-refractivity contribution in [2.75, 3.05) is 0 Å². The van der Waals surface area contributed by atoms with Gasteiger partial charge in [-0.1, -0.05) is 41.5 Å². The van der Waals surface area contributed by atoms with Gasteiger partial charge in [0.05, 0.1) is 12.2 Å². The Morgan fingerprint density at radius 3 is 2.16 bits per heavy atom. The molecule has 0 aromatic carbocycles. The molecular weight excluding hydrogens is 396 g/mol. The average Bonchev–Trinajstić information content (AvgIpc) is 3.05. The van der Waals surface area contributed by atoms with Gasteiger partial charge in [-0.25, -0.2) is 0 Å². The van der Waals surface area contributed by atoms with Gasteiger partial charge < -0.3 is 10.2 Å². The molecule has 32 heavy (non-hydrogen) atoms. The Bertz CT molecular complexity index is 804. The summed E-state index contributed by atoms with van der Waals surface area (Å²) < 4.78 is 0. The van der Waals surface area contributed by atoms with Crippen LogP contribution in [0.3, 0.4) is 0 Å². The van der Waals surface area contributed by atoms with Crippen molar-refractivity contribution in [3.63, 3.8) is 0 Å². The van der Waals surface area contributed by atoms with Gasteiger partial charge in [-0.15, -0.1) is 0 Å². The first-order valence-electron chi connectivity index (χ1n) is 13.6. The van der Waals surface area contributed by atoms with Crippen LogP contribution in [0.2, 0.25) is 0 Å². The topological polar surface area (TPSA) is 57.5 Å². The van der Waals surface area contributed by atoms with E-state index in [9.17, 15) is 15.0 Å². The zero-order valence-electron chi connectivity index (χ0n) is 21.7. The van der Waals surface area contributed by atoms with Crippen LogP contribution in [0.4, 0.5) is 0 Å². The van der Waals surface area contributed by atoms with E-state index >= 15 is 0 Å². The predicted molar refractivity (Wildman–Crippen MR) is 128 cm³/mol. The van der Waals surface area contributed by atoms with Crippen LogP contribution in [-0.2, 0) is 4.79 Å². The molecule has 2 N–H and O–H groups in total. The monoisotopic (exact) mass is 444 g/mol. The van der Waals surface area contributed by atoms with E-state index in [1.807, 2.05) is 6.92 Å². The molecule has 5 aliphatic rings. The molecule has 0 bridgehead atoms. The summed E-state index contributed by atoms with van der Waals surface area (Å²) in [7, 11) is 0. The van der Waals surface area contributed by atoms with Crippen molar-refractivity contribution in [1.29, 1.82) is 0 Å². The Labute approximate surface area is 196 Å². The fraction of sp³-hybridized carbons (Fsp3) is 0.966. The third kappa shape index (κ3) is 2.65. The number of Topliss-reactive ketones (excluding diaryl/α,β-unsaturated/α-hetero) is 1. The molecule has 3 unspecified atom stereocenters. The Morgan fingerprint density at radius 2 is 1.50 bits per heavy atom. The van der Waals surface area contributed by atoms with Crippen LogP contribution >= 0.6 is 0 Å². The summed E-state index contributed by atoms with van der Waals surface area (Å²) in [6.07, 6.45) is 9.20. The van der Waals surface area contributed by atoms with Crippen molar-refractivity contribution < 1.29 is 15.0 Å². The van der Waals surface area contributed by atoms with Gasteiger partial charge in [0.25, 0.3) is 0 Å². The second kappa shape index (κ2) is 6.84. The van der Waals surface area contributed by atoms with E-state index in [-0.39, 0.29) is 51.1 Å². The molecule has 5 saturated carbocycles. The minimum Gasteiger partial charge on any atom is -0.393 e. The normalized spacial score (nSPS) is 58.8. The second-order valence-corrected chi connectivity index (χ2v) is 14.6. The molecule has 0 radical (unpaired) electrons. The van der Waals surface area contributed by atoms with Gasteiger partial charge in [0, 0.05) is 5.92 Å². The lowest BCUT2D eigenvalue weighted by Gasteiger charge is -2.73. The minimum atomic E-state index is -0.299. The number of hydrogen-bond acceptors (Lipinski definition) is 3. The quantitative estimate of drug-likeness (QED) is 0.521. The van der Waals surface area contributed by atoms with E-state index in [0.29, 0.717) is 23.5 Å². The Kier molecular flexibility index (Phi) is 4.99. The van der Waals surface area contributed by atoms with E-state index in [0.717, 1.165) is 38.5 Å². The van der Waals surface area contributed by atoms with Gasteiger partial charge in [-0.05, 0) is 115 Å². The molecule has 3 nitrogen and oxygen atoms in total. The van der Waals surface area contributed by atoms with Crippen LogP contribution in [0.25, 0.3) is 0 Å². The molecular formula is C29H48O3. The van der Waals surface area contributed by atoms with Crippen molar-refractivity contribution in [1.82, 2.24) is 0 Å². The lowest BCUT2D eigenvalue weighted by Crippen LogP contribution is -2.69. The Morgan fingerprint density at radius 1 is 0.812 bits per heavy atom. The summed E-state index contributed by atoms with van der Waals surface area (Å²) >= 11 is 0. The summed E-state index contributed by atoms with van der Waals surface area (Å²) in [6, 6.07) is 0. The molecule has 0 heterocycles. The van der Waals surface area contributed by atoms with Gasteiger partial charge >= 0.3 is 0 Å². The minimum absolute atomic E-state index is 0.0690. The third-order valence-corrected chi connectivity index (χ3v) is 13.3. The zero-order chi connectivity index (χ0) is 23.5. The maximum Gasteiger partial charge on any atom is 0.133 e. The van der Waals surface area contributed by atoms with Crippen molar-refractivity contribution in [3.05, 3.63) is 0 Å². The lowest BCUT2D eigenvalue weighted by atomic mass is 9.32.